The fraction of sp³-hybridized carbons (Fsp3) is 0.250. The molecular weight excluding hydrogens is 415 g/mol. The van der Waals surface area contributed by atoms with E-state index in [9.17, 15) is 4.79 Å². The molecule has 0 radical (unpaired) electrons. The molecule has 0 fully saturated rings. The maximum Gasteiger partial charge on any atom is 0.240 e. The van der Waals surface area contributed by atoms with Gasteiger partial charge in [0.1, 0.15) is 6.54 Å². The maximum atomic E-state index is 12.4. The lowest BCUT2D eigenvalue weighted by molar-refractivity contribution is -0.121. The largest absolute Gasteiger partial charge is 0.355 e. The zero-order chi connectivity index (χ0) is 20.1. The molecule has 0 aliphatic rings. The van der Waals surface area contributed by atoms with E-state index in [2.05, 4.69) is 15.5 Å². The van der Waals surface area contributed by atoms with Crippen LogP contribution in [-0.4, -0.2) is 27.2 Å². The number of benzene rings is 2. The van der Waals surface area contributed by atoms with E-state index in [0.717, 1.165) is 29.5 Å². The highest BCUT2D eigenvalue weighted by Gasteiger charge is 2.12. The van der Waals surface area contributed by atoms with Gasteiger partial charge in [0.05, 0.1) is 10.0 Å². The van der Waals surface area contributed by atoms with Crippen LogP contribution in [-0.2, 0) is 17.8 Å². The van der Waals surface area contributed by atoms with E-state index in [1.807, 2.05) is 43.3 Å². The smallest absolute Gasteiger partial charge is 0.240 e. The molecule has 28 heavy (non-hydrogen) atoms. The summed E-state index contributed by atoms with van der Waals surface area (Å²) in [4.78, 5) is 12.4. The first kappa shape index (κ1) is 20.6. The molecule has 0 aliphatic heterocycles. The number of aryl methyl sites for hydroxylation is 2. The Labute approximate surface area is 178 Å². The average Bonchev–Trinajstić information content (AvgIpc) is 3.03. The number of carbonyl (C=O) groups excluding carboxylic acids is 1. The molecule has 2 aromatic carbocycles. The van der Waals surface area contributed by atoms with Gasteiger partial charge in [-0.15, -0.1) is 0 Å². The highest BCUT2D eigenvalue weighted by atomic mass is 35.5. The molecule has 1 amide bonds. The van der Waals surface area contributed by atoms with Crippen molar-refractivity contribution in [3.05, 3.63) is 68.4 Å². The molecule has 1 heterocycles. The van der Waals surface area contributed by atoms with Gasteiger partial charge in [-0.3, -0.25) is 14.5 Å². The zero-order valence-electron chi connectivity index (χ0n) is 15.3. The van der Waals surface area contributed by atoms with Gasteiger partial charge in [-0.1, -0.05) is 59.1 Å². The monoisotopic (exact) mass is 434 g/mol. The van der Waals surface area contributed by atoms with Crippen LogP contribution in [0.15, 0.2) is 42.5 Å². The van der Waals surface area contributed by atoms with Crippen LogP contribution < -0.4 is 5.32 Å². The molecule has 0 spiro atoms. The predicted octanol–water partition coefficient (Wildman–Crippen LogP) is 4.97. The number of aromatic amines is 1. The molecule has 8 heteroatoms. The van der Waals surface area contributed by atoms with Gasteiger partial charge in [0.25, 0.3) is 0 Å². The Hall–Kier alpha value is -2.15. The second-order valence-electron chi connectivity index (χ2n) is 6.51. The van der Waals surface area contributed by atoms with Gasteiger partial charge in [0.2, 0.25) is 5.91 Å². The van der Waals surface area contributed by atoms with E-state index in [1.54, 1.807) is 10.6 Å². The summed E-state index contributed by atoms with van der Waals surface area (Å²) in [6.07, 6.45) is 1.60. The van der Waals surface area contributed by atoms with Gasteiger partial charge in [-0.05, 0) is 49.7 Å². The molecule has 3 rings (SSSR count). The Morgan fingerprint density at radius 2 is 1.93 bits per heavy atom. The Balaban J connectivity index is 1.55. The van der Waals surface area contributed by atoms with Crippen LogP contribution in [0.4, 0.5) is 0 Å². The number of hydrogen-bond donors (Lipinski definition) is 2. The zero-order valence-corrected chi connectivity index (χ0v) is 17.7. The molecule has 146 valence electrons. The van der Waals surface area contributed by atoms with E-state index >= 15 is 0 Å². The van der Waals surface area contributed by atoms with E-state index in [0.29, 0.717) is 27.2 Å². The molecule has 2 N–H and O–H groups in total. The number of nitrogens with zero attached hydrogens (tertiary/aromatic N) is 2. The Morgan fingerprint density at radius 3 is 2.64 bits per heavy atom. The molecule has 0 saturated heterocycles. The molecule has 0 atom stereocenters. The van der Waals surface area contributed by atoms with Gasteiger partial charge in [0, 0.05) is 12.1 Å². The lowest BCUT2D eigenvalue weighted by atomic mass is 10.1. The van der Waals surface area contributed by atoms with E-state index < -0.39 is 0 Å². The van der Waals surface area contributed by atoms with Crippen molar-refractivity contribution in [2.75, 3.05) is 6.54 Å². The summed E-state index contributed by atoms with van der Waals surface area (Å²) >= 11 is 17.2. The Bertz CT molecular complexity index is 1030. The minimum atomic E-state index is -0.111. The van der Waals surface area contributed by atoms with Crippen molar-refractivity contribution in [2.24, 2.45) is 0 Å². The minimum Gasteiger partial charge on any atom is -0.355 e. The summed E-state index contributed by atoms with van der Waals surface area (Å²) in [6.45, 7) is 2.70. The molecule has 5 nitrogen and oxygen atoms in total. The second kappa shape index (κ2) is 9.37. The third kappa shape index (κ3) is 5.22. The van der Waals surface area contributed by atoms with E-state index in [-0.39, 0.29) is 12.5 Å². The first-order valence-corrected chi connectivity index (χ1v) is 10.0. The lowest BCUT2D eigenvalue weighted by Crippen LogP contribution is -2.29. The lowest BCUT2D eigenvalue weighted by Gasteiger charge is -2.09. The summed E-state index contributed by atoms with van der Waals surface area (Å²) in [6, 6.07) is 13.5. The molecule has 0 aliphatic carbocycles. The SMILES string of the molecule is Cc1ccc(-c2n[nH]c(=S)n2CC(=O)NCCCc2ccc(Cl)c(Cl)c2)cc1. The van der Waals surface area contributed by atoms with Crippen molar-refractivity contribution in [2.45, 2.75) is 26.3 Å². The van der Waals surface area contributed by atoms with Crippen molar-refractivity contribution in [3.63, 3.8) is 0 Å². The fourth-order valence-electron chi connectivity index (χ4n) is 2.80. The normalized spacial score (nSPS) is 10.8. The topological polar surface area (TPSA) is 62.7 Å². The van der Waals surface area contributed by atoms with Crippen molar-refractivity contribution in [1.29, 1.82) is 0 Å². The molecule has 3 aromatic rings. The van der Waals surface area contributed by atoms with Gasteiger partial charge < -0.3 is 5.32 Å². The Morgan fingerprint density at radius 1 is 1.18 bits per heavy atom. The standard InChI is InChI=1S/C20H20Cl2N4OS/c1-13-4-7-15(8-5-13)19-24-25-20(28)26(19)12-18(27)23-10-2-3-14-6-9-16(21)17(22)11-14/h4-9,11H,2-3,10,12H2,1H3,(H,23,27)(H,25,28). The molecule has 0 unspecified atom stereocenters. The fourth-order valence-corrected chi connectivity index (χ4v) is 3.32. The van der Waals surface area contributed by atoms with Crippen molar-refractivity contribution in [3.8, 4) is 11.4 Å². The van der Waals surface area contributed by atoms with Gasteiger partial charge in [-0.25, -0.2) is 0 Å². The number of nitrogens with one attached hydrogen (secondary N) is 2. The Kier molecular flexibility index (Phi) is 6.88. The molecule has 1 aromatic heterocycles. The van der Waals surface area contributed by atoms with Crippen LogP contribution >= 0.6 is 35.4 Å². The maximum absolute atomic E-state index is 12.4. The average molecular weight is 435 g/mol. The number of halogens is 2. The highest BCUT2D eigenvalue weighted by molar-refractivity contribution is 7.71. The number of rotatable bonds is 7. The summed E-state index contributed by atoms with van der Waals surface area (Å²) in [7, 11) is 0. The first-order valence-electron chi connectivity index (χ1n) is 8.87. The van der Waals surface area contributed by atoms with Crippen LogP contribution in [0.2, 0.25) is 10.0 Å². The molecular formula is C20H20Cl2N4OS. The van der Waals surface area contributed by atoms with Crippen LogP contribution in [0.3, 0.4) is 0 Å². The van der Waals surface area contributed by atoms with Gasteiger partial charge >= 0.3 is 0 Å². The van der Waals surface area contributed by atoms with E-state index in [4.69, 9.17) is 35.4 Å². The second-order valence-corrected chi connectivity index (χ2v) is 7.71. The van der Waals surface area contributed by atoms with Crippen molar-refractivity contribution < 1.29 is 4.79 Å². The van der Waals surface area contributed by atoms with Crippen LogP contribution in [0, 0.1) is 11.7 Å². The van der Waals surface area contributed by atoms with Crippen molar-refractivity contribution >= 4 is 41.3 Å². The van der Waals surface area contributed by atoms with Gasteiger partial charge in [0.15, 0.2) is 10.6 Å². The minimum absolute atomic E-state index is 0.111. The van der Waals surface area contributed by atoms with Crippen LogP contribution in [0.5, 0.6) is 0 Å². The third-order valence-corrected chi connectivity index (χ3v) is 5.37. The van der Waals surface area contributed by atoms with E-state index in [1.165, 1.54) is 0 Å². The van der Waals surface area contributed by atoms with Crippen LogP contribution in [0.25, 0.3) is 11.4 Å². The summed E-state index contributed by atoms with van der Waals surface area (Å²) in [5.41, 5.74) is 3.15. The number of amides is 1. The molecule has 0 bridgehead atoms. The van der Waals surface area contributed by atoms with Crippen LogP contribution in [0.1, 0.15) is 17.5 Å². The van der Waals surface area contributed by atoms with Crippen molar-refractivity contribution in [1.82, 2.24) is 20.1 Å². The van der Waals surface area contributed by atoms with Gasteiger partial charge in [-0.2, -0.15) is 5.10 Å². The number of H-pyrrole nitrogens is 1. The third-order valence-electron chi connectivity index (χ3n) is 4.32. The number of carbonyl (C=O) groups is 1. The summed E-state index contributed by atoms with van der Waals surface area (Å²) in [5, 5.41) is 11.0. The highest BCUT2D eigenvalue weighted by Crippen LogP contribution is 2.23. The quantitative estimate of drug-likeness (QED) is 0.407. The summed E-state index contributed by atoms with van der Waals surface area (Å²) < 4.78 is 2.12. The number of aromatic nitrogens is 3. The predicted molar refractivity (Wildman–Crippen MR) is 115 cm³/mol. The molecule has 0 saturated carbocycles. The summed E-state index contributed by atoms with van der Waals surface area (Å²) in [5.74, 6) is 0.538. The first-order chi connectivity index (χ1) is 13.4. The number of hydrogen-bond acceptors (Lipinski definition) is 3.